The number of para-hydroxylation sites is 2. The molecule has 0 unspecified atom stereocenters. The Morgan fingerprint density at radius 3 is 2.75 bits per heavy atom. The molecule has 0 radical (unpaired) electrons. The Balaban J connectivity index is 1.69. The van der Waals surface area contributed by atoms with Crippen LogP contribution in [0.2, 0.25) is 5.02 Å². The minimum Gasteiger partial charge on any atom is -0.459 e. The number of fused-ring (bicyclic) bond motifs is 1. The largest absolute Gasteiger partial charge is 0.459 e. The first-order chi connectivity index (χ1) is 11.7. The van der Waals surface area contributed by atoms with Crippen LogP contribution in [0, 0.1) is 0 Å². The smallest absolute Gasteiger partial charge is 0.291 e. The van der Waals surface area contributed by atoms with Crippen molar-refractivity contribution in [1.29, 1.82) is 0 Å². The van der Waals surface area contributed by atoms with Crippen molar-refractivity contribution in [3.63, 3.8) is 0 Å². The van der Waals surface area contributed by atoms with Crippen molar-refractivity contribution in [2.24, 2.45) is 0 Å². The van der Waals surface area contributed by atoms with E-state index in [-0.39, 0.29) is 11.7 Å². The number of carbonyl (C=O) groups excluding carboxylic acids is 1. The van der Waals surface area contributed by atoms with Crippen LogP contribution < -0.4 is 5.32 Å². The summed E-state index contributed by atoms with van der Waals surface area (Å²) in [5, 5.41) is 3.13. The quantitative estimate of drug-likeness (QED) is 0.571. The summed E-state index contributed by atoms with van der Waals surface area (Å²) in [6.45, 7) is 0. The molecular weight excluding hydrogens is 328 g/mol. The Kier molecular flexibility index (Phi) is 3.55. The molecule has 0 aliphatic carbocycles. The lowest BCUT2D eigenvalue weighted by Crippen LogP contribution is -2.11. The third-order valence-corrected chi connectivity index (χ3v) is 3.83. The molecule has 2 aromatic heterocycles. The second kappa shape index (κ2) is 5.86. The predicted octanol–water partition coefficient (Wildman–Crippen LogP) is 4.99. The van der Waals surface area contributed by atoms with Gasteiger partial charge in [-0.05, 0) is 42.5 Å². The number of nitrogens with zero attached hydrogens (tertiary/aromatic N) is 1. The molecule has 2 heterocycles. The minimum absolute atomic E-state index is 0.207. The van der Waals surface area contributed by atoms with E-state index in [1.807, 2.05) is 24.3 Å². The summed E-state index contributed by atoms with van der Waals surface area (Å²) in [5.41, 5.74) is 2.63. The van der Waals surface area contributed by atoms with Crippen LogP contribution in [0.25, 0.3) is 22.6 Å². The first-order valence-corrected chi connectivity index (χ1v) is 7.59. The van der Waals surface area contributed by atoms with Gasteiger partial charge in [0.2, 0.25) is 5.89 Å². The Labute approximate surface area is 141 Å². The molecule has 2 aromatic carbocycles. The number of carbonyl (C=O) groups is 1. The van der Waals surface area contributed by atoms with Crippen LogP contribution in [0.5, 0.6) is 0 Å². The summed E-state index contributed by atoms with van der Waals surface area (Å²) in [6, 6.07) is 15.9. The Morgan fingerprint density at radius 1 is 1.08 bits per heavy atom. The highest BCUT2D eigenvalue weighted by molar-refractivity contribution is 6.34. The first kappa shape index (κ1) is 14.5. The number of amides is 1. The standard InChI is InChI=1S/C18H11ClN2O3/c19-12-8-7-11(18-21-13-4-1-2-5-15(13)24-18)10-14(12)20-17(22)16-6-3-9-23-16/h1-10H,(H,20,22). The zero-order valence-corrected chi connectivity index (χ0v) is 13.1. The Morgan fingerprint density at radius 2 is 1.96 bits per heavy atom. The van der Waals surface area contributed by atoms with Crippen molar-refractivity contribution < 1.29 is 13.6 Å². The van der Waals surface area contributed by atoms with Crippen molar-refractivity contribution in [2.75, 3.05) is 5.32 Å². The number of aromatic nitrogens is 1. The van der Waals surface area contributed by atoms with E-state index >= 15 is 0 Å². The molecule has 1 amide bonds. The average Bonchev–Trinajstić information content (AvgIpc) is 3.26. The second-order valence-corrected chi connectivity index (χ2v) is 5.52. The van der Waals surface area contributed by atoms with E-state index in [9.17, 15) is 4.79 Å². The van der Waals surface area contributed by atoms with Crippen LogP contribution in [0.1, 0.15) is 10.6 Å². The highest BCUT2D eigenvalue weighted by atomic mass is 35.5. The van der Waals surface area contributed by atoms with Crippen LogP contribution in [-0.4, -0.2) is 10.9 Å². The molecule has 5 nitrogen and oxygen atoms in total. The molecule has 1 N–H and O–H groups in total. The highest BCUT2D eigenvalue weighted by Gasteiger charge is 2.14. The zero-order chi connectivity index (χ0) is 16.5. The summed E-state index contributed by atoms with van der Waals surface area (Å²) >= 11 is 6.17. The summed E-state index contributed by atoms with van der Waals surface area (Å²) < 4.78 is 10.8. The van der Waals surface area contributed by atoms with Gasteiger partial charge in [0.05, 0.1) is 17.0 Å². The normalized spacial score (nSPS) is 10.9. The van der Waals surface area contributed by atoms with Gasteiger partial charge in [0.25, 0.3) is 5.91 Å². The third-order valence-electron chi connectivity index (χ3n) is 3.50. The predicted molar refractivity (Wildman–Crippen MR) is 91.1 cm³/mol. The minimum atomic E-state index is -0.378. The van der Waals surface area contributed by atoms with E-state index in [1.54, 1.807) is 30.3 Å². The number of rotatable bonds is 3. The van der Waals surface area contributed by atoms with Gasteiger partial charge in [0, 0.05) is 5.56 Å². The number of nitrogens with one attached hydrogen (secondary N) is 1. The lowest BCUT2D eigenvalue weighted by atomic mass is 10.2. The SMILES string of the molecule is O=C(Nc1cc(-c2nc3ccccc3o2)ccc1Cl)c1ccco1. The maximum atomic E-state index is 12.1. The highest BCUT2D eigenvalue weighted by Crippen LogP contribution is 2.30. The van der Waals surface area contributed by atoms with Crippen molar-refractivity contribution in [3.05, 3.63) is 71.6 Å². The van der Waals surface area contributed by atoms with Gasteiger partial charge >= 0.3 is 0 Å². The number of hydrogen-bond acceptors (Lipinski definition) is 4. The van der Waals surface area contributed by atoms with Gasteiger partial charge in [0.1, 0.15) is 5.52 Å². The van der Waals surface area contributed by atoms with Crippen LogP contribution >= 0.6 is 11.6 Å². The summed E-state index contributed by atoms with van der Waals surface area (Å²) in [4.78, 5) is 16.6. The zero-order valence-electron chi connectivity index (χ0n) is 12.3. The number of halogens is 1. The van der Waals surface area contributed by atoms with Crippen LogP contribution in [-0.2, 0) is 0 Å². The van der Waals surface area contributed by atoms with Crippen LogP contribution in [0.4, 0.5) is 5.69 Å². The maximum absolute atomic E-state index is 12.1. The molecule has 4 rings (SSSR count). The van der Waals surface area contributed by atoms with Gasteiger partial charge in [-0.15, -0.1) is 0 Å². The molecule has 0 bridgehead atoms. The van der Waals surface area contributed by atoms with E-state index in [4.69, 9.17) is 20.4 Å². The molecule has 0 aliphatic rings. The van der Waals surface area contributed by atoms with E-state index in [1.165, 1.54) is 6.26 Å². The first-order valence-electron chi connectivity index (χ1n) is 7.21. The Hall–Kier alpha value is -3.05. The molecule has 0 aliphatic heterocycles. The topological polar surface area (TPSA) is 68.3 Å². The average molecular weight is 339 g/mol. The number of anilines is 1. The molecular formula is C18H11ClN2O3. The molecule has 0 atom stereocenters. The van der Waals surface area contributed by atoms with Gasteiger partial charge in [-0.2, -0.15) is 0 Å². The number of benzene rings is 2. The third kappa shape index (κ3) is 2.66. The van der Waals surface area contributed by atoms with Crippen molar-refractivity contribution in [3.8, 4) is 11.5 Å². The fourth-order valence-corrected chi connectivity index (χ4v) is 2.51. The van der Waals surface area contributed by atoms with E-state index in [2.05, 4.69) is 10.3 Å². The van der Waals surface area contributed by atoms with E-state index in [0.29, 0.717) is 27.7 Å². The molecule has 0 spiro atoms. The monoisotopic (exact) mass is 338 g/mol. The van der Waals surface area contributed by atoms with E-state index < -0.39 is 0 Å². The van der Waals surface area contributed by atoms with Gasteiger partial charge in [-0.1, -0.05) is 23.7 Å². The summed E-state index contributed by atoms with van der Waals surface area (Å²) in [5.74, 6) is 0.288. The van der Waals surface area contributed by atoms with Gasteiger partial charge in [-0.3, -0.25) is 4.79 Å². The van der Waals surface area contributed by atoms with Crippen molar-refractivity contribution >= 4 is 34.3 Å². The molecule has 118 valence electrons. The number of oxazole rings is 1. The number of furan rings is 1. The lowest BCUT2D eigenvalue weighted by Gasteiger charge is -2.07. The Bertz CT molecular complexity index is 989. The lowest BCUT2D eigenvalue weighted by molar-refractivity contribution is 0.0996. The number of hydrogen-bond donors (Lipinski definition) is 1. The van der Waals surface area contributed by atoms with Gasteiger partial charge < -0.3 is 14.2 Å². The van der Waals surface area contributed by atoms with Crippen LogP contribution in [0.3, 0.4) is 0 Å². The summed E-state index contributed by atoms with van der Waals surface area (Å²) in [7, 11) is 0. The molecule has 0 saturated carbocycles. The second-order valence-electron chi connectivity index (χ2n) is 5.11. The summed E-state index contributed by atoms with van der Waals surface area (Å²) in [6.07, 6.45) is 1.44. The molecule has 4 aromatic rings. The molecule has 0 saturated heterocycles. The fraction of sp³-hybridized carbons (Fsp3) is 0. The van der Waals surface area contributed by atoms with Crippen LogP contribution in [0.15, 0.2) is 69.7 Å². The molecule has 24 heavy (non-hydrogen) atoms. The van der Waals surface area contributed by atoms with Gasteiger partial charge in [0.15, 0.2) is 11.3 Å². The fourth-order valence-electron chi connectivity index (χ4n) is 2.34. The molecule has 0 fully saturated rings. The van der Waals surface area contributed by atoms with Crippen molar-refractivity contribution in [1.82, 2.24) is 4.98 Å². The van der Waals surface area contributed by atoms with Crippen molar-refractivity contribution in [2.45, 2.75) is 0 Å². The van der Waals surface area contributed by atoms with E-state index in [0.717, 1.165) is 5.52 Å². The maximum Gasteiger partial charge on any atom is 0.291 e. The van der Waals surface area contributed by atoms with Gasteiger partial charge in [-0.25, -0.2) is 4.98 Å². The molecule has 6 heteroatoms.